The van der Waals surface area contributed by atoms with Gasteiger partial charge in [0.05, 0.1) is 0 Å². The molecule has 0 amide bonds. The largest absolute Gasteiger partial charge is 0.147 e. The van der Waals surface area contributed by atoms with Crippen LogP contribution < -0.4 is 0 Å². The van der Waals surface area contributed by atoms with Gasteiger partial charge >= 0.3 is 126 Å². The van der Waals surface area contributed by atoms with Crippen molar-refractivity contribution in [3.05, 3.63) is 88.1 Å². The van der Waals surface area contributed by atoms with Gasteiger partial charge in [-0.25, -0.2) is 0 Å². The molecule has 0 aliphatic heterocycles. The van der Waals surface area contributed by atoms with Gasteiger partial charge in [-0.15, -0.1) is 24.8 Å². The van der Waals surface area contributed by atoms with Crippen LogP contribution in [0.5, 0.6) is 0 Å². The number of allylic oxidation sites excluding steroid dienone is 4. The molecular formula is C18H19Cl2CrN. The smallest absolute Gasteiger partial charge is 0.147 e. The van der Waals surface area contributed by atoms with E-state index < -0.39 is 0 Å². The van der Waals surface area contributed by atoms with Crippen molar-refractivity contribution in [3.8, 4) is 0 Å². The van der Waals surface area contributed by atoms with Gasteiger partial charge in [0, 0.05) is 0 Å². The summed E-state index contributed by atoms with van der Waals surface area (Å²) in [6, 6.07) is 16.9. The number of aromatic nitrogens is 1. The van der Waals surface area contributed by atoms with E-state index in [2.05, 4.69) is 59.6 Å². The molecule has 4 heteroatoms. The SMILES string of the molecule is C1=C(Cc2ccccc2)C=[C]([Cr][CH2]c2ccccn2)C1.Cl.Cl. The molecule has 1 aliphatic carbocycles. The van der Waals surface area contributed by atoms with E-state index >= 15 is 0 Å². The van der Waals surface area contributed by atoms with Gasteiger partial charge in [0.1, 0.15) is 0 Å². The summed E-state index contributed by atoms with van der Waals surface area (Å²) >= 11 is 0.531. The minimum atomic E-state index is 0. The second-order valence-corrected chi connectivity index (χ2v) is 6.59. The predicted molar refractivity (Wildman–Crippen MR) is 93.4 cm³/mol. The number of hydrogen-bond acceptors (Lipinski definition) is 1. The second-order valence-electron chi connectivity index (χ2n) is 4.87. The van der Waals surface area contributed by atoms with Crippen LogP contribution in [0.2, 0.25) is 0 Å². The van der Waals surface area contributed by atoms with Crippen molar-refractivity contribution in [2.75, 3.05) is 0 Å². The van der Waals surface area contributed by atoms with Crippen LogP contribution in [0.25, 0.3) is 0 Å². The molecule has 0 atom stereocenters. The van der Waals surface area contributed by atoms with Crippen LogP contribution in [0.1, 0.15) is 17.7 Å². The molecule has 0 fully saturated rings. The normalized spacial score (nSPS) is 12.7. The fourth-order valence-corrected chi connectivity index (χ4v) is 3.73. The van der Waals surface area contributed by atoms with E-state index in [-0.39, 0.29) is 24.8 Å². The molecule has 2 aromatic rings. The number of benzene rings is 1. The molecule has 3 rings (SSSR count). The van der Waals surface area contributed by atoms with E-state index in [1.807, 2.05) is 12.3 Å². The van der Waals surface area contributed by atoms with Crippen LogP contribution in [0.15, 0.2) is 76.9 Å². The quantitative estimate of drug-likeness (QED) is 0.723. The Kier molecular flexibility index (Phi) is 8.53. The fourth-order valence-electron chi connectivity index (χ4n) is 2.26. The maximum atomic E-state index is 4.40. The van der Waals surface area contributed by atoms with Crippen LogP contribution in [0, 0.1) is 0 Å². The van der Waals surface area contributed by atoms with Crippen LogP contribution in [-0.4, -0.2) is 4.98 Å². The Balaban J connectivity index is 0.00000121. The number of nitrogens with zero attached hydrogens (tertiary/aromatic N) is 1. The molecule has 0 N–H and O–H groups in total. The summed E-state index contributed by atoms with van der Waals surface area (Å²) < 4.78 is 1.59. The average Bonchev–Trinajstić information content (AvgIpc) is 2.95. The van der Waals surface area contributed by atoms with E-state index in [0.717, 1.165) is 18.1 Å². The molecular weight excluding hydrogens is 353 g/mol. The molecule has 0 unspecified atom stereocenters. The maximum absolute atomic E-state index is 4.40. The molecule has 0 bridgehead atoms. The van der Waals surface area contributed by atoms with Gasteiger partial charge in [-0.1, -0.05) is 0 Å². The minimum absolute atomic E-state index is 0. The summed E-state index contributed by atoms with van der Waals surface area (Å²) in [4.78, 5) is 4.40. The van der Waals surface area contributed by atoms with E-state index in [1.165, 1.54) is 16.8 Å². The van der Waals surface area contributed by atoms with Crippen LogP contribution in [0.4, 0.5) is 0 Å². The standard InChI is InChI=1S/C12H11.C6H6N.2ClH.Cr/c1-2-6-11(7-3-1)10-12-8-4-5-9-12;1-6-4-2-3-5-7-6;;;/h1-3,6-9H,4,10H2;2-5H,1H2;2*1H;. The monoisotopic (exact) mass is 371 g/mol. The van der Waals surface area contributed by atoms with Crippen molar-refractivity contribution >= 4 is 24.8 Å². The van der Waals surface area contributed by atoms with Gasteiger partial charge < -0.3 is 0 Å². The van der Waals surface area contributed by atoms with Gasteiger partial charge in [0.2, 0.25) is 0 Å². The summed E-state index contributed by atoms with van der Waals surface area (Å²) in [5.74, 6) is 0. The molecule has 1 aromatic carbocycles. The molecule has 1 aliphatic rings. The summed E-state index contributed by atoms with van der Waals surface area (Å²) in [5.41, 5.74) is 4.08. The number of pyridine rings is 1. The Morgan fingerprint density at radius 1 is 0.955 bits per heavy atom. The number of halogens is 2. The van der Waals surface area contributed by atoms with Crippen LogP contribution >= 0.6 is 24.8 Å². The van der Waals surface area contributed by atoms with Crippen molar-refractivity contribution in [3.63, 3.8) is 0 Å². The molecule has 0 saturated carbocycles. The second kappa shape index (κ2) is 9.87. The first-order valence-electron chi connectivity index (χ1n) is 6.86. The molecule has 0 radical (unpaired) electrons. The third-order valence-electron chi connectivity index (χ3n) is 3.29. The maximum Gasteiger partial charge on any atom is -0.147 e. The Hall–Kier alpha value is -1.04. The topological polar surface area (TPSA) is 12.9 Å². The third kappa shape index (κ3) is 5.63. The molecule has 116 valence electrons. The molecule has 1 heterocycles. The summed E-state index contributed by atoms with van der Waals surface area (Å²) in [5, 5.41) is 1.10. The number of hydrogen-bond donors (Lipinski definition) is 0. The van der Waals surface area contributed by atoms with Crippen molar-refractivity contribution < 1.29 is 15.2 Å². The Morgan fingerprint density at radius 3 is 2.45 bits per heavy atom. The zero-order valence-corrected chi connectivity index (χ0v) is 15.1. The Morgan fingerprint density at radius 2 is 1.73 bits per heavy atom. The fraction of sp³-hybridized carbons (Fsp3) is 0.167. The van der Waals surface area contributed by atoms with Crippen LogP contribution in [0.3, 0.4) is 0 Å². The zero-order chi connectivity index (χ0) is 13.6. The first-order chi connectivity index (χ1) is 9.90. The zero-order valence-electron chi connectivity index (χ0n) is 12.1. The first kappa shape index (κ1) is 19.0. The average molecular weight is 372 g/mol. The summed E-state index contributed by atoms with van der Waals surface area (Å²) in [6.45, 7) is 0. The van der Waals surface area contributed by atoms with Crippen molar-refractivity contribution in [2.24, 2.45) is 0 Å². The van der Waals surface area contributed by atoms with Gasteiger partial charge in [0.15, 0.2) is 0 Å². The molecule has 0 spiro atoms. The third-order valence-corrected chi connectivity index (χ3v) is 5.01. The van der Waals surface area contributed by atoms with Crippen molar-refractivity contribution in [1.82, 2.24) is 4.98 Å². The molecule has 22 heavy (non-hydrogen) atoms. The van der Waals surface area contributed by atoms with E-state index in [1.54, 1.807) is 4.44 Å². The Labute approximate surface area is 151 Å². The van der Waals surface area contributed by atoms with Gasteiger partial charge in [-0.2, -0.15) is 0 Å². The van der Waals surface area contributed by atoms with E-state index in [0.29, 0.717) is 15.2 Å². The molecule has 0 saturated heterocycles. The Bertz CT molecular complexity index is 624. The predicted octanol–water partition coefficient (Wildman–Crippen LogP) is 4.96. The summed E-state index contributed by atoms with van der Waals surface area (Å²) in [7, 11) is 0. The van der Waals surface area contributed by atoms with E-state index in [4.69, 9.17) is 0 Å². The molecule has 1 nitrogen and oxygen atoms in total. The van der Waals surface area contributed by atoms with Crippen molar-refractivity contribution in [2.45, 2.75) is 18.1 Å². The van der Waals surface area contributed by atoms with Crippen molar-refractivity contribution in [1.29, 1.82) is 0 Å². The number of rotatable bonds is 5. The van der Waals surface area contributed by atoms with Gasteiger partial charge in [-0.05, 0) is 0 Å². The first-order valence-corrected chi connectivity index (χ1v) is 8.40. The van der Waals surface area contributed by atoms with Gasteiger partial charge in [-0.3, -0.25) is 0 Å². The minimum Gasteiger partial charge on any atom is -0.147 e. The van der Waals surface area contributed by atoms with Crippen LogP contribution in [-0.2, 0) is 26.9 Å². The summed E-state index contributed by atoms with van der Waals surface area (Å²) in [6.07, 6.45) is 8.85. The molecule has 1 aromatic heterocycles. The van der Waals surface area contributed by atoms with Gasteiger partial charge in [0.25, 0.3) is 0 Å². The van der Waals surface area contributed by atoms with E-state index in [9.17, 15) is 0 Å².